The number of hydrogen-bond donors (Lipinski definition) is 0. The first kappa shape index (κ1) is 16.8. The monoisotopic (exact) mass is 555 g/mol. The molecular weight excluding hydrogens is 535 g/mol. The second kappa shape index (κ2) is 4.47. The summed E-state index contributed by atoms with van der Waals surface area (Å²) in [6, 6.07) is 0. The average molecular weight is 552 g/mol. The fourth-order valence-electron chi connectivity index (χ4n) is 1.70. The summed E-state index contributed by atoms with van der Waals surface area (Å²) in [5, 5.41) is 0. The first-order chi connectivity index (χ1) is 8.31. The first-order valence-corrected chi connectivity index (χ1v) is 21.3. The molecule has 0 unspecified atom stereocenters. The molecule has 0 fully saturated rings. The minimum absolute atomic E-state index is 0.291. The van der Waals surface area contributed by atoms with E-state index in [1.165, 1.54) is 6.74 Å². The first-order valence-electron chi connectivity index (χ1n) is 5.09. The van der Waals surface area contributed by atoms with Gasteiger partial charge < -0.3 is 0 Å². The topological polar surface area (TPSA) is 78.4 Å². The predicted molar refractivity (Wildman–Crippen MR) is 72.9 cm³/mol. The molecule has 0 spiro atoms. The van der Waals surface area contributed by atoms with E-state index in [2.05, 4.69) is 38.2 Å². The Balaban J connectivity index is 2.51. The van der Waals surface area contributed by atoms with Gasteiger partial charge in [0.25, 0.3) is 0 Å². The van der Waals surface area contributed by atoms with Gasteiger partial charge in [-0.3, -0.25) is 0 Å². The van der Waals surface area contributed by atoms with Gasteiger partial charge in [0.2, 0.25) is 0 Å². The van der Waals surface area contributed by atoms with E-state index in [0.717, 1.165) is 0 Å². The molecule has 111 valence electrons. The maximum absolute atomic E-state index is 10.9. The standard InChI is InChI=1S/C10H16ClO4Se4/c1-19(2,3,4)8-7-18(15-11(12,13)14)10(19)9-16-5-6-17-9/h5-8H,1-4H3. The Bertz CT molecular complexity index is 501. The summed E-state index contributed by atoms with van der Waals surface area (Å²) < 4.78 is 40.3. The summed E-state index contributed by atoms with van der Waals surface area (Å²) in [7, 11) is -7.58. The van der Waals surface area contributed by atoms with Crippen molar-refractivity contribution in [1.29, 1.82) is 0 Å². The van der Waals surface area contributed by atoms with Gasteiger partial charge in [-0.1, -0.05) is 0 Å². The van der Waals surface area contributed by atoms with Crippen molar-refractivity contribution in [2.45, 2.75) is 23.3 Å². The van der Waals surface area contributed by atoms with E-state index in [-0.39, 0.29) is 0 Å². The number of halogens is 1. The Morgan fingerprint density at radius 3 is 2.11 bits per heavy atom. The third-order valence-corrected chi connectivity index (χ3v) is 33.0. The van der Waals surface area contributed by atoms with Gasteiger partial charge in [0, 0.05) is 0 Å². The molecule has 0 aliphatic carbocycles. The molecule has 0 aromatic heterocycles. The summed E-state index contributed by atoms with van der Waals surface area (Å²) in [6.07, 6.45) is 0. The van der Waals surface area contributed by atoms with E-state index in [9.17, 15) is 14.0 Å². The molecule has 0 atom stereocenters. The van der Waals surface area contributed by atoms with Gasteiger partial charge in [-0.25, -0.2) is 0 Å². The van der Waals surface area contributed by atoms with Crippen LogP contribution in [0.15, 0.2) is 26.6 Å². The Morgan fingerprint density at radius 1 is 1.11 bits per heavy atom. The molecule has 1 radical (unpaired) electrons. The summed E-state index contributed by atoms with van der Waals surface area (Å²) in [6.45, 7) is 0. The van der Waals surface area contributed by atoms with Crippen molar-refractivity contribution < 1.29 is 27.6 Å². The van der Waals surface area contributed by atoms with Crippen molar-refractivity contribution in [1.82, 2.24) is 0 Å². The van der Waals surface area contributed by atoms with E-state index in [1.807, 2.05) is 4.97 Å². The third-order valence-electron chi connectivity index (χ3n) is 2.54. The second-order valence-electron chi connectivity index (χ2n) is 6.42. The summed E-state index contributed by atoms with van der Waals surface area (Å²) in [5.74, 6) is 8.99. The summed E-state index contributed by atoms with van der Waals surface area (Å²) >= 11 is -1.54. The molecule has 0 bridgehead atoms. The van der Waals surface area contributed by atoms with Crippen molar-refractivity contribution >= 4 is 54.9 Å². The molecule has 19 heavy (non-hydrogen) atoms. The molecule has 2 heterocycles. The molecule has 9 heteroatoms. The van der Waals surface area contributed by atoms with Crippen LogP contribution in [0.1, 0.15) is 0 Å². The van der Waals surface area contributed by atoms with Crippen LogP contribution in [0.3, 0.4) is 0 Å². The Morgan fingerprint density at radius 2 is 1.63 bits per heavy atom. The van der Waals surface area contributed by atoms with Gasteiger partial charge in [0.05, 0.1) is 0 Å². The van der Waals surface area contributed by atoms with Crippen LogP contribution < -0.4 is 14.0 Å². The van der Waals surface area contributed by atoms with Crippen LogP contribution in [0, 0.1) is 10.2 Å². The van der Waals surface area contributed by atoms with Crippen molar-refractivity contribution in [2.75, 3.05) is 0 Å². The zero-order valence-electron chi connectivity index (χ0n) is 11.0. The van der Waals surface area contributed by atoms with Gasteiger partial charge in [0.15, 0.2) is 0 Å². The van der Waals surface area contributed by atoms with Crippen LogP contribution in [-0.4, -0.2) is 54.9 Å². The Hall–Kier alpha value is 1.43. The molecule has 2 aliphatic rings. The van der Waals surface area contributed by atoms with Crippen LogP contribution in [0.5, 0.6) is 0 Å². The van der Waals surface area contributed by atoms with Gasteiger partial charge in [-0.2, -0.15) is 0 Å². The van der Waals surface area contributed by atoms with Crippen molar-refractivity contribution in [3.8, 4) is 0 Å². The molecule has 0 amide bonds. The molecule has 0 saturated heterocycles. The Kier molecular flexibility index (Phi) is 3.95. The van der Waals surface area contributed by atoms with E-state index in [1.54, 1.807) is 0 Å². The van der Waals surface area contributed by atoms with E-state index >= 15 is 0 Å². The second-order valence-corrected chi connectivity index (χ2v) is 36.8. The van der Waals surface area contributed by atoms with Crippen molar-refractivity contribution in [3.63, 3.8) is 0 Å². The molecule has 0 N–H and O–H groups in total. The van der Waals surface area contributed by atoms with Crippen molar-refractivity contribution in [2.24, 2.45) is 0 Å². The Labute approximate surface area is 131 Å². The van der Waals surface area contributed by atoms with Crippen LogP contribution in [-0.2, 0) is 3.37 Å². The molecule has 0 aromatic carbocycles. The van der Waals surface area contributed by atoms with E-state index in [4.69, 9.17) is 3.37 Å². The molecule has 4 nitrogen and oxygen atoms in total. The molecular formula is C10H16ClO4Se4. The quantitative estimate of drug-likeness (QED) is 0.396. The van der Waals surface area contributed by atoms with Crippen LogP contribution in [0.4, 0.5) is 0 Å². The molecule has 2 rings (SSSR count). The molecule has 0 saturated carbocycles. The molecule has 2 aliphatic heterocycles. The van der Waals surface area contributed by atoms with Crippen LogP contribution >= 0.6 is 0 Å². The van der Waals surface area contributed by atoms with E-state index < -0.39 is 35.2 Å². The fourth-order valence-corrected chi connectivity index (χ4v) is 42.2. The SMILES string of the molecule is C[Se]1(C)(C)(C)C=C[Se](O[Cl+3]([O-])([O-])[O-])C1=C1[Se]C=C[Se]1. The zero-order chi connectivity index (χ0) is 14.6. The van der Waals surface area contributed by atoms with Gasteiger partial charge in [-0.05, 0) is 0 Å². The van der Waals surface area contributed by atoms with Crippen LogP contribution in [0.2, 0.25) is 23.3 Å². The summed E-state index contributed by atoms with van der Waals surface area (Å²) in [4.78, 5) is 8.42. The van der Waals surface area contributed by atoms with E-state index in [0.29, 0.717) is 29.9 Å². The minimum atomic E-state index is -4.35. The third kappa shape index (κ3) is 3.80. The number of hydrogen-bond acceptors (Lipinski definition) is 4. The fraction of sp³-hybridized carbons (Fsp3) is 0.400. The van der Waals surface area contributed by atoms with Gasteiger partial charge in [-0.15, -0.1) is 0 Å². The molecule has 0 aromatic rings. The average Bonchev–Trinajstić information content (AvgIpc) is 2.68. The maximum atomic E-state index is 10.9. The van der Waals surface area contributed by atoms with Crippen LogP contribution in [0.25, 0.3) is 0 Å². The predicted octanol–water partition coefficient (Wildman–Crippen LogP) is -1.40. The van der Waals surface area contributed by atoms with Gasteiger partial charge >= 0.3 is 132 Å². The number of rotatable bonds is 2. The zero-order valence-corrected chi connectivity index (χ0v) is 18.6. The summed E-state index contributed by atoms with van der Waals surface area (Å²) in [5.41, 5.74) is 0. The van der Waals surface area contributed by atoms with Crippen molar-refractivity contribution in [3.05, 3.63) is 26.6 Å². The normalized spacial score (nSPS) is 31.9. The van der Waals surface area contributed by atoms with Gasteiger partial charge in [0.1, 0.15) is 0 Å².